The van der Waals surface area contributed by atoms with Crippen LogP contribution in [-0.4, -0.2) is 61.6 Å². The SMILES string of the molecule is CCOC(C)OC[C@@H]1C[C@H](C(C)=O)N(C)[C@H]1C([NH-])C=O.[Ac]. The molecule has 0 amide bonds. The van der Waals surface area contributed by atoms with E-state index in [9.17, 15) is 9.59 Å². The monoisotopic (exact) mass is 512 g/mol. The number of rotatable bonds is 8. The van der Waals surface area contributed by atoms with Gasteiger partial charge in [0.1, 0.15) is 12.1 Å². The fourth-order valence-corrected chi connectivity index (χ4v) is 2.92. The first-order valence-corrected chi connectivity index (χ1v) is 7.04. The quantitative estimate of drug-likeness (QED) is 0.362. The number of likely N-dealkylation sites (tertiary alicyclic amines) is 1. The second kappa shape index (κ2) is 10.4. The first-order valence-electron chi connectivity index (χ1n) is 7.04. The summed E-state index contributed by atoms with van der Waals surface area (Å²) >= 11 is 0. The Morgan fingerprint density at radius 3 is 2.57 bits per heavy atom. The number of likely N-dealkylation sites (N-methyl/N-ethyl adjacent to an activating group) is 1. The number of hydrogen-bond acceptors (Lipinski definition) is 5. The number of hydrogen-bond donors (Lipinski definition) is 0. The Bertz CT molecular complexity index is 343. The number of carbonyl (C=O) groups excluding carboxylic acids is 2. The van der Waals surface area contributed by atoms with E-state index in [2.05, 4.69) is 0 Å². The van der Waals surface area contributed by atoms with Gasteiger partial charge in [-0.2, -0.15) is 0 Å². The van der Waals surface area contributed by atoms with Crippen molar-refractivity contribution in [2.45, 2.75) is 51.6 Å². The van der Waals surface area contributed by atoms with Crippen molar-refractivity contribution in [3.05, 3.63) is 5.73 Å². The summed E-state index contributed by atoms with van der Waals surface area (Å²) in [7, 11) is 1.80. The van der Waals surface area contributed by atoms with Gasteiger partial charge in [-0.3, -0.25) is 9.69 Å². The van der Waals surface area contributed by atoms with Gasteiger partial charge in [-0.05, 0) is 40.2 Å². The molecule has 21 heavy (non-hydrogen) atoms. The van der Waals surface area contributed by atoms with Gasteiger partial charge < -0.3 is 20.0 Å². The fourth-order valence-electron chi connectivity index (χ4n) is 2.92. The van der Waals surface area contributed by atoms with Gasteiger partial charge in [0.05, 0.1) is 12.6 Å². The molecule has 1 aliphatic heterocycles. The second-order valence-corrected chi connectivity index (χ2v) is 5.30. The second-order valence-electron chi connectivity index (χ2n) is 5.30. The van der Waals surface area contributed by atoms with Gasteiger partial charge in [0.15, 0.2) is 6.29 Å². The molecule has 5 atom stereocenters. The molecular weight excluding hydrogens is 487 g/mol. The van der Waals surface area contributed by atoms with Crippen molar-refractivity contribution in [1.82, 2.24) is 4.90 Å². The van der Waals surface area contributed by atoms with E-state index in [1.807, 2.05) is 18.7 Å². The van der Waals surface area contributed by atoms with E-state index in [-0.39, 0.29) is 74.1 Å². The smallest absolute Gasteiger partial charge is 0.154 e. The molecule has 6 nitrogen and oxygen atoms in total. The van der Waals surface area contributed by atoms with E-state index in [1.165, 1.54) is 0 Å². The molecule has 0 aromatic carbocycles. The minimum atomic E-state index is -0.861. The predicted molar refractivity (Wildman–Crippen MR) is 75.3 cm³/mol. The molecule has 1 N–H and O–H groups in total. The third-order valence-corrected chi connectivity index (χ3v) is 3.90. The number of aldehydes is 1. The van der Waals surface area contributed by atoms with Crippen molar-refractivity contribution in [1.29, 1.82) is 0 Å². The first kappa shape index (κ1) is 21.6. The third kappa shape index (κ3) is 5.97. The maximum absolute atomic E-state index is 11.6. The molecule has 1 heterocycles. The summed E-state index contributed by atoms with van der Waals surface area (Å²) in [5.74, 6) is 0.0560. The zero-order valence-electron chi connectivity index (χ0n) is 13.2. The molecule has 0 spiro atoms. The van der Waals surface area contributed by atoms with Gasteiger partial charge in [-0.1, -0.05) is 6.04 Å². The minimum Gasteiger partial charge on any atom is -0.667 e. The summed E-state index contributed by atoms with van der Waals surface area (Å²) in [6.45, 7) is 6.22. The summed E-state index contributed by atoms with van der Waals surface area (Å²) < 4.78 is 10.9. The van der Waals surface area contributed by atoms with Gasteiger partial charge in [0, 0.05) is 56.7 Å². The molecule has 119 valence electrons. The summed E-state index contributed by atoms with van der Waals surface area (Å²) in [5, 5.41) is 0. The molecule has 1 aliphatic rings. The van der Waals surface area contributed by atoms with Crippen LogP contribution in [0.3, 0.4) is 0 Å². The molecule has 0 aromatic heterocycles. The van der Waals surface area contributed by atoms with E-state index in [4.69, 9.17) is 15.2 Å². The van der Waals surface area contributed by atoms with Gasteiger partial charge in [0.2, 0.25) is 0 Å². The molecule has 1 saturated heterocycles. The van der Waals surface area contributed by atoms with E-state index in [0.717, 1.165) is 0 Å². The molecule has 0 saturated carbocycles. The molecule has 0 aliphatic carbocycles. The van der Waals surface area contributed by atoms with Gasteiger partial charge in [-0.25, -0.2) is 0 Å². The average molecular weight is 512 g/mol. The van der Waals surface area contributed by atoms with Crippen molar-refractivity contribution in [3.8, 4) is 0 Å². The zero-order chi connectivity index (χ0) is 15.3. The van der Waals surface area contributed by atoms with Crippen molar-refractivity contribution in [2.75, 3.05) is 20.3 Å². The standard InChI is InChI=1S/C14H25N2O4.Ac/c1-5-19-10(3)20-8-11-6-13(9(2)18)16(4)14(11)12(15)7-17;/h7,10-15H,5-6,8H2,1-4H3;/q-1;/t10?,11-,12?,13+,14+;/m0./s1. The summed E-state index contributed by atoms with van der Waals surface area (Å²) in [4.78, 5) is 24.4. The van der Waals surface area contributed by atoms with Crippen LogP contribution in [0, 0.1) is 50.0 Å². The number of ether oxygens (including phenoxy) is 2. The molecule has 0 bridgehead atoms. The van der Waals surface area contributed by atoms with Crippen LogP contribution >= 0.6 is 0 Å². The number of nitrogens with zero attached hydrogens (tertiary/aromatic N) is 1. The molecule has 1 radical (unpaired) electrons. The van der Waals surface area contributed by atoms with Crippen LogP contribution in [-0.2, 0) is 19.1 Å². The molecule has 7 heteroatoms. The minimum absolute atomic E-state index is 0. The third-order valence-electron chi connectivity index (χ3n) is 3.90. The van der Waals surface area contributed by atoms with Crippen LogP contribution in [0.15, 0.2) is 0 Å². The van der Waals surface area contributed by atoms with E-state index < -0.39 is 6.04 Å². The Hall–Kier alpha value is 0.622. The molecule has 2 unspecified atom stereocenters. The van der Waals surface area contributed by atoms with Crippen molar-refractivity contribution >= 4 is 12.1 Å². The Kier molecular flexibility index (Phi) is 10.7. The maximum atomic E-state index is 11.6. The zero-order valence-corrected chi connectivity index (χ0v) is 18.0. The van der Waals surface area contributed by atoms with Gasteiger partial charge in [0.25, 0.3) is 0 Å². The van der Waals surface area contributed by atoms with Crippen molar-refractivity contribution < 1.29 is 63.1 Å². The Morgan fingerprint density at radius 1 is 1.48 bits per heavy atom. The largest absolute Gasteiger partial charge is 0.667 e. The van der Waals surface area contributed by atoms with Crippen LogP contribution in [0.5, 0.6) is 0 Å². The summed E-state index contributed by atoms with van der Waals surface area (Å²) in [5.41, 5.74) is 7.87. The average Bonchev–Trinajstić information content (AvgIpc) is 2.73. The topological polar surface area (TPSA) is 79.6 Å². The molecule has 0 aromatic rings. The molecule has 1 rings (SSSR count). The van der Waals surface area contributed by atoms with Crippen LogP contribution < -0.4 is 0 Å². The Morgan fingerprint density at radius 2 is 2.10 bits per heavy atom. The van der Waals surface area contributed by atoms with Crippen molar-refractivity contribution in [3.63, 3.8) is 0 Å². The Balaban J connectivity index is 0.00000400. The van der Waals surface area contributed by atoms with Crippen LogP contribution in [0.25, 0.3) is 5.73 Å². The predicted octanol–water partition coefficient (Wildman–Crippen LogP) is 1.28. The van der Waals surface area contributed by atoms with Crippen LogP contribution in [0.2, 0.25) is 0 Å². The van der Waals surface area contributed by atoms with Crippen LogP contribution in [0.1, 0.15) is 27.2 Å². The van der Waals surface area contributed by atoms with E-state index in [1.54, 1.807) is 14.0 Å². The first-order chi connectivity index (χ1) is 9.42. The number of carbonyl (C=O) groups is 2. The molecule has 1 fully saturated rings. The summed E-state index contributed by atoms with van der Waals surface area (Å²) in [6.07, 6.45) is 0.934. The van der Waals surface area contributed by atoms with Crippen LogP contribution in [0.4, 0.5) is 0 Å². The normalized spacial score (nSPS) is 28.7. The van der Waals surface area contributed by atoms with Gasteiger partial charge >= 0.3 is 0 Å². The van der Waals surface area contributed by atoms with Gasteiger partial charge in [-0.15, -0.1) is 0 Å². The fraction of sp³-hybridized carbons (Fsp3) is 0.857. The molecular formula is C14H25AcN2O4-. The van der Waals surface area contributed by atoms with Crippen molar-refractivity contribution in [2.24, 2.45) is 5.92 Å². The number of nitrogens with one attached hydrogen (secondary N) is 1. The maximum Gasteiger partial charge on any atom is 0.154 e. The Labute approximate surface area is 162 Å². The summed E-state index contributed by atoms with van der Waals surface area (Å²) in [6, 6.07) is -1.38. The van der Waals surface area contributed by atoms with E-state index in [0.29, 0.717) is 25.9 Å². The number of ketones is 1. The van der Waals surface area contributed by atoms with E-state index >= 15 is 0 Å². The number of Topliss-reactive ketones (excluding diaryl/α,β-unsaturated/α-hetero) is 1.